The molecular weight excluding hydrogens is 480 g/mol. The first kappa shape index (κ1) is 27.6. The second-order valence-corrected chi connectivity index (χ2v) is 11.3. The summed E-state index contributed by atoms with van der Waals surface area (Å²) < 4.78 is 6.34. The molecule has 0 spiro atoms. The molecule has 1 fully saturated rings. The number of carboxylic acids is 1. The number of carbonyl (C=O) groups is 2. The number of nitrogens with one attached hydrogen (secondary N) is 1. The number of hydrogen-bond acceptors (Lipinski definition) is 6. The van der Waals surface area contributed by atoms with Crippen molar-refractivity contribution < 1.29 is 19.4 Å². The van der Waals surface area contributed by atoms with Gasteiger partial charge in [0, 0.05) is 48.4 Å². The summed E-state index contributed by atoms with van der Waals surface area (Å²) in [7, 11) is 0. The summed E-state index contributed by atoms with van der Waals surface area (Å²) >= 11 is 0. The zero-order valence-electron chi connectivity index (χ0n) is 23.1. The molecule has 2 N–H and O–H groups in total. The number of hydrogen-bond donors (Lipinski definition) is 2. The van der Waals surface area contributed by atoms with E-state index >= 15 is 0 Å². The van der Waals surface area contributed by atoms with Crippen molar-refractivity contribution in [2.75, 3.05) is 31.1 Å². The number of aromatic nitrogens is 1. The lowest BCUT2D eigenvalue weighted by atomic mass is 9.84. The summed E-state index contributed by atoms with van der Waals surface area (Å²) in [5.41, 5.74) is 4.88. The highest BCUT2D eigenvalue weighted by Crippen LogP contribution is 2.42. The topological polar surface area (TPSA) is 107 Å². The minimum Gasteiger partial charge on any atom is -0.491 e. The fraction of sp³-hybridized carbons (Fsp3) is 0.533. The van der Waals surface area contributed by atoms with Crippen LogP contribution in [-0.4, -0.2) is 58.8 Å². The largest absolute Gasteiger partial charge is 0.491 e. The minimum atomic E-state index is -0.795. The van der Waals surface area contributed by atoms with E-state index in [1.807, 2.05) is 31.2 Å². The Morgan fingerprint density at radius 2 is 1.87 bits per heavy atom. The quantitative estimate of drug-likeness (QED) is 0.310. The number of rotatable bonds is 11. The molecule has 2 aliphatic rings. The van der Waals surface area contributed by atoms with Crippen LogP contribution in [0.3, 0.4) is 0 Å². The van der Waals surface area contributed by atoms with Crippen LogP contribution in [0, 0.1) is 5.41 Å². The fourth-order valence-electron chi connectivity index (χ4n) is 5.12. The summed E-state index contributed by atoms with van der Waals surface area (Å²) in [6.07, 6.45) is 4.35. The van der Waals surface area contributed by atoms with Gasteiger partial charge in [-0.25, -0.2) is 4.98 Å². The monoisotopic (exact) mass is 520 g/mol. The van der Waals surface area contributed by atoms with Gasteiger partial charge in [-0.3, -0.25) is 15.0 Å². The second kappa shape index (κ2) is 11.5. The van der Waals surface area contributed by atoms with Crippen molar-refractivity contribution in [1.29, 1.82) is 5.41 Å². The number of benzene rings is 1. The lowest BCUT2D eigenvalue weighted by Gasteiger charge is -2.30. The van der Waals surface area contributed by atoms with Crippen LogP contribution in [0.5, 0.6) is 5.75 Å². The number of amidine groups is 1. The van der Waals surface area contributed by atoms with E-state index in [4.69, 9.17) is 15.3 Å². The average Bonchev–Trinajstić information content (AvgIpc) is 3.51. The fourth-order valence-corrected chi connectivity index (χ4v) is 5.12. The zero-order chi connectivity index (χ0) is 27.4. The molecule has 2 aromatic rings. The minimum absolute atomic E-state index is 0.0303. The summed E-state index contributed by atoms with van der Waals surface area (Å²) in [4.78, 5) is 33.3. The van der Waals surface area contributed by atoms with Crippen molar-refractivity contribution in [3.8, 4) is 5.75 Å². The molecule has 38 heavy (non-hydrogen) atoms. The van der Waals surface area contributed by atoms with E-state index in [9.17, 15) is 9.59 Å². The molecule has 1 aromatic carbocycles. The third-order valence-corrected chi connectivity index (χ3v) is 7.31. The van der Waals surface area contributed by atoms with Crippen LogP contribution in [0.25, 0.3) is 0 Å². The first-order valence-electron chi connectivity index (χ1n) is 13.7. The average molecular weight is 521 g/mol. The summed E-state index contributed by atoms with van der Waals surface area (Å²) in [5, 5.41) is 17.6. The number of anilines is 1. The van der Waals surface area contributed by atoms with Gasteiger partial charge in [-0.1, -0.05) is 33.8 Å². The number of carboxylic acid groups (broad SMARTS) is 1. The Hall–Kier alpha value is -3.42. The number of pyridine rings is 1. The molecule has 8 heteroatoms. The Kier molecular flexibility index (Phi) is 8.38. The Morgan fingerprint density at radius 3 is 2.53 bits per heavy atom. The number of carbonyl (C=O) groups excluding carboxylic acids is 1. The Bertz CT molecular complexity index is 1210. The highest BCUT2D eigenvalue weighted by Gasteiger charge is 2.31. The number of nitrogens with zero attached hydrogens (tertiary/aromatic N) is 3. The van der Waals surface area contributed by atoms with Crippen molar-refractivity contribution >= 4 is 23.3 Å². The molecule has 0 bridgehead atoms. The molecule has 0 radical (unpaired) electrons. The maximum atomic E-state index is 13.7. The van der Waals surface area contributed by atoms with E-state index in [0.717, 1.165) is 60.6 Å². The number of unbranched alkanes of at least 4 members (excludes halogenated alkanes) is 1. The first-order valence-corrected chi connectivity index (χ1v) is 13.7. The number of aliphatic carboxylic acids is 1. The number of ketones is 1. The van der Waals surface area contributed by atoms with Crippen LogP contribution in [0.2, 0.25) is 0 Å². The van der Waals surface area contributed by atoms with Gasteiger partial charge in [0.05, 0.1) is 18.8 Å². The number of ether oxygens (including phenoxy) is 1. The van der Waals surface area contributed by atoms with Crippen molar-refractivity contribution in [2.45, 2.75) is 78.2 Å². The van der Waals surface area contributed by atoms with Gasteiger partial charge in [0.25, 0.3) is 0 Å². The zero-order valence-corrected chi connectivity index (χ0v) is 23.1. The van der Waals surface area contributed by atoms with Crippen LogP contribution in [0.15, 0.2) is 24.3 Å². The highest BCUT2D eigenvalue weighted by atomic mass is 16.5. The van der Waals surface area contributed by atoms with E-state index in [2.05, 4.69) is 30.7 Å². The molecule has 3 heterocycles. The molecule has 0 saturated carbocycles. The molecule has 0 unspecified atom stereocenters. The summed E-state index contributed by atoms with van der Waals surface area (Å²) in [6, 6.07) is 7.92. The van der Waals surface area contributed by atoms with Gasteiger partial charge in [0.1, 0.15) is 17.3 Å². The third kappa shape index (κ3) is 6.17. The molecular formula is C30H40N4O4. The van der Waals surface area contributed by atoms with Crippen LogP contribution >= 0.6 is 0 Å². The molecule has 0 aliphatic carbocycles. The van der Waals surface area contributed by atoms with E-state index in [1.165, 1.54) is 0 Å². The molecule has 0 atom stereocenters. The standard InChI is InChI=1S/C30H40N4O4/c1-5-22-12-11-20-18-34(29(31)27(20)32-22)19-25(35)21-16-23(30(2,3)4)28(38-15-9-6-10-26(36)37)24(17-21)33-13-7-8-14-33/h11-12,16-17,31H,5-10,13-15,18-19H2,1-4H3,(H,36,37). The van der Waals surface area contributed by atoms with Gasteiger partial charge >= 0.3 is 5.97 Å². The highest BCUT2D eigenvalue weighted by molar-refractivity contribution is 6.05. The first-order chi connectivity index (χ1) is 18.1. The van der Waals surface area contributed by atoms with Crippen LogP contribution in [0.4, 0.5) is 5.69 Å². The third-order valence-electron chi connectivity index (χ3n) is 7.31. The van der Waals surface area contributed by atoms with Gasteiger partial charge < -0.3 is 19.6 Å². The maximum absolute atomic E-state index is 13.7. The Morgan fingerprint density at radius 1 is 1.13 bits per heavy atom. The van der Waals surface area contributed by atoms with Gasteiger partial charge in [-0.05, 0) is 55.7 Å². The lowest BCUT2D eigenvalue weighted by Crippen LogP contribution is -2.31. The Balaban J connectivity index is 1.60. The van der Waals surface area contributed by atoms with Crippen molar-refractivity contribution in [3.05, 3.63) is 52.3 Å². The summed E-state index contributed by atoms with van der Waals surface area (Å²) in [5.74, 6) is 0.277. The Labute approximate surface area is 225 Å². The normalized spacial score (nSPS) is 15.2. The van der Waals surface area contributed by atoms with Gasteiger partial charge in [0.15, 0.2) is 5.78 Å². The van der Waals surface area contributed by atoms with Crippen molar-refractivity contribution in [1.82, 2.24) is 9.88 Å². The molecule has 4 rings (SSSR count). The second-order valence-electron chi connectivity index (χ2n) is 11.3. The number of fused-ring (bicyclic) bond motifs is 1. The van der Waals surface area contributed by atoms with Gasteiger partial charge in [0.2, 0.25) is 0 Å². The van der Waals surface area contributed by atoms with E-state index in [0.29, 0.717) is 43.1 Å². The predicted molar refractivity (Wildman–Crippen MR) is 149 cm³/mol. The number of aryl methyl sites for hydroxylation is 1. The summed E-state index contributed by atoms with van der Waals surface area (Å²) in [6.45, 7) is 11.3. The molecule has 204 valence electrons. The van der Waals surface area contributed by atoms with Crippen LogP contribution < -0.4 is 9.64 Å². The molecule has 1 saturated heterocycles. The van der Waals surface area contributed by atoms with E-state index < -0.39 is 5.97 Å². The van der Waals surface area contributed by atoms with Gasteiger partial charge in [-0.15, -0.1) is 0 Å². The SMILES string of the molecule is CCc1ccc2c(n1)C(=N)N(CC(=O)c1cc(N3CCCC3)c(OCCCCC(=O)O)c(C(C)(C)C)c1)C2. The van der Waals surface area contributed by atoms with Crippen LogP contribution in [-0.2, 0) is 23.2 Å². The molecule has 8 nitrogen and oxygen atoms in total. The molecule has 1 aromatic heterocycles. The lowest BCUT2D eigenvalue weighted by molar-refractivity contribution is -0.137. The van der Waals surface area contributed by atoms with Crippen molar-refractivity contribution in [2.24, 2.45) is 0 Å². The smallest absolute Gasteiger partial charge is 0.303 e. The predicted octanol–water partition coefficient (Wildman–Crippen LogP) is 5.20. The van der Waals surface area contributed by atoms with Crippen LogP contribution in [0.1, 0.15) is 92.7 Å². The number of Topliss-reactive ketones (excluding diaryl/α,β-unsaturated/α-hetero) is 1. The molecule has 0 amide bonds. The molecule has 2 aliphatic heterocycles. The van der Waals surface area contributed by atoms with Crippen molar-refractivity contribution in [3.63, 3.8) is 0 Å². The van der Waals surface area contributed by atoms with Gasteiger partial charge in [-0.2, -0.15) is 0 Å². The van der Waals surface area contributed by atoms with E-state index in [1.54, 1.807) is 4.90 Å². The van der Waals surface area contributed by atoms with E-state index in [-0.39, 0.29) is 24.2 Å². The maximum Gasteiger partial charge on any atom is 0.303 e.